The zero-order valence-electron chi connectivity index (χ0n) is 12.7. The van der Waals surface area contributed by atoms with Crippen LogP contribution in [0.4, 0.5) is 0 Å². The summed E-state index contributed by atoms with van der Waals surface area (Å²) in [4.78, 5) is 8.67. The lowest BCUT2D eigenvalue weighted by molar-refractivity contribution is 0.551. The van der Waals surface area contributed by atoms with Gasteiger partial charge >= 0.3 is 0 Å². The lowest BCUT2D eigenvalue weighted by Gasteiger charge is -2.27. The maximum atomic E-state index is 4.47. The van der Waals surface area contributed by atoms with Gasteiger partial charge in [0.25, 0.3) is 0 Å². The van der Waals surface area contributed by atoms with Gasteiger partial charge in [0, 0.05) is 12.4 Å². The minimum absolute atomic E-state index is 0.0872. The topological polar surface area (TPSA) is 37.8 Å². The molecule has 106 valence electrons. The number of rotatable bonds is 4. The summed E-state index contributed by atoms with van der Waals surface area (Å²) in [7, 11) is 0. The van der Waals surface area contributed by atoms with Gasteiger partial charge in [0.15, 0.2) is 0 Å². The van der Waals surface area contributed by atoms with Crippen LogP contribution in [-0.4, -0.2) is 16.5 Å². The molecular formula is C17H23N3. The summed E-state index contributed by atoms with van der Waals surface area (Å²) in [5.74, 6) is 0. The third-order valence-corrected chi connectivity index (χ3v) is 3.37. The molecule has 1 unspecified atom stereocenters. The second kappa shape index (κ2) is 6.14. The number of hydrogen-bond acceptors (Lipinski definition) is 3. The molecule has 1 N–H and O–H groups in total. The minimum Gasteiger partial charge on any atom is -0.305 e. The normalized spacial score (nSPS) is 13.2. The third-order valence-electron chi connectivity index (χ3n) is 3.37. The van der Waals surface area contributed by atoms with Gasteiger partial charge in [-0.05, 0) is 23.1 Å². The fraction of sp³-hybridized carbons (Fsp3) is 0.412. The Bertz CT molecular complexity index is 544. The molecule has 0 radical (unpaired) electrons. The first-order valence-electron chi connectivity index (χ1n) is 7.12. The molecule has 0 amide bonds. The molecule has 0 bridgehead atoms. The lowest BCUT2D eigenvalue weighted by atomic mass is 9.81. The Kier molecular flexibility index (Phi) is 4.50. The van der Waals surface area contributed by atoms with Crippen LogP contribution in [0.25, 0.3) is 0 Å². The van der Waals surface area contributed by atoms with Gasteiger partial charge in [0.05, 0.1) is 17.9 Å². The number of nitrogens with one attached hydrogen (secondary N) is 1. The number of nitrogens with zero attached hydrogens (tertiary/aromatic N) is 2. The van der Waals surface area contributed by atoms with Crippen molar-refractivity contribution in [3.05, 3.63) is 59.7 Å². The highest BCUT2D eigenvalue weighted by atomic mass is 14.9. The van der Waals surface area contributed by atoms with Crippen LogP contribution in [0.15, 0.2) is 42.9 Å². The highest BCUT2D eigenvalue weighted by Gasteiger charge is 2.23. The zero-order chi connectivity index (χ0) is 14.6. The molecule has 0 saturated carbocycles. The van der Waals surface area contributed by atoms with Gasteiger partial charge in [0.1, 0.15) is 0 Å². The fourth-order valence-corrected chi connectivity index (χ4v) is 2.47. The van der Waals surface area contributed by atoms with Crippen molar-refractivity contribution in [3.8, 4) is 0 Å². The fourth-order valence-electron chi connectivity index (χ4n) is 2.47. The molecule has 0 saturated heterocycles. The van der Waals surface area contributed by atoms with E-state index in [1.807, 2.05) is 6.20 Å². The Balaban J connectivity index is 2.51. The molecular weight excluding hydrogens is 246 g/mol. The molecule has 3 nitrogen and oxygen atoms in total. The summed E-state index contributed by atoms with van der Waals surface area (Å²) in [6.45, 7) is 9.73. The van der Waals surface area contributed by atoms with Gasteiger partial charge in [-0.1, -0.05) is 52.0 Å². The number of aromatic nitrogens is 2. The predicted molar refractivity (Wildman–Crippen MR) is 82.7 cm³/mol. The van der Waals surface area contributed by atoms with E-state index in [1.165, 1.54) is 11.1 Å². The molecule has 0 aliphatic rings. The first-order chi connectivity index (χ1) is 9.54. The first kappa shape index (κ1) is 14.7. The molecule has 1 atom stereocenters. The second-order valence-electron chi connectivity index (χ2n) is 5.96. The SMILES string of the molecule is CCNC(c1cnccn1)c1ccccc1C(C)(C)C. The molecule has 3 heteroatoms. The highest BCUT2D eigenvalue weighted by molar-refractivity contribution is 5.38. The van der Waals surface area contributed by atoms with Crippen LogP contribution in [-0.2, 0) is 5.41 Å². The Morgan fingerprint density at radius 1 is 1.15 bits per heavy atom. The van der Waals surface area contributed by atoms with E-state index in [4.69, 9.17) is 0 Å². The molecule has 1 aromatic heterocycles. The number of hydrogen-bond donors (Lipinski definition) is 1. The molecule has 1 heterocycles. The van der Waals surface area contributed by atoms with Gasteiger partial charge in [0.2, 0.25) is 0 Å². The van der Waals surface area contributed by atoms with Crippen molar-refractivity contribution < 1.29 is 0 Å². The average molecular weight is 269 g/mol. The summed E-state index contributed by atoms with van der Waals surface area (Å²) in [5.41, 5.74) is 3.69. The standard InChI is InChI=1S/C17H23N3/c1-5-19-16(15-12-18-10-11-20-15)13-8-6-7-9-14(13)17(2,3)4/h6-12,16,19H,5H2,1-4H3. The quantitative estimate of drug-likeness (QED) is 0.923. The van der Waals surface area contributed by atoms with Gasteiger partial charge in [-0.3, -0.25) is 9.97 Å². The predicted octanol–water partition coefficient (Wildman–Crippen LogP) is 3.47. The van der Waals surface area contributed by atoms with Gasteiger partial charge in [-0.15, -0.1) is 0 Å². The van der Waals surface area contributed by atoms with Crippen LogP contribution >= 0.6 is 0 Å². The van der Waals surface area contributed by atoms with E-state index in [1.54, 1.807) is 12.4 Å². The monoisotopic (exact) mass is 269 g/mol. The zero-order valence-corrected chi connectivity index (χ0v) is 12.7. The highest BCUT2D eigenvalue weighted by Crippen LogP contribution is 2.31. The van der Waals surface area contributed by atoms with Crippen LogP contribution in [0.5, 0.6) is 0 Å². The summed E-state index contributed by atoms with van der Waals surface area (Å²) < 4.78 is 0. The van der Waals surface area contributed by atoms with E-state index in [9.17, 15) is 0 Å². The van der Waals surface area contributed by atoms with Gasteiger partial charge in [-0.2, -0.15) is 0 Å². The second-order valence-corrected chi connectivity index (χ2v) is 5.96. The van der Waals surface area contributed by atoms with Crippen molar-refractivity contribution in [2.75, 3.05) is 6.54 Å². The van der Waals surface area contributed by atoms with E-state index in [2.05, 4.69) is 67.2 Å². The van der Waals surface area contributed by atoms with E-state index < -0.39 is 0 Å². The van der Waals surface area contributed by atoms with Crippen LogP contribution in [0.3, 0.4) is 0 Å². The molecule has 0 spiro atoms. The van der Waals surface area contributed by atoms with E-state index in [0.29, 0.717) is 0 Å². The van der Waals surface area contributed by atoms with Crippen molar-refractivity contribution in [1.29, 1.82) is 0 Å². The van der Waals surface area contributed by atoms with Crippen LogP contribution in [0.1, 0.15) is 50.6 Å². The maximum absolute atomic E-state index is 4.47. The maximum Gasteiger partial charge on any atom is 0.0801 e. The Morgan fingerprint density at radius 2 is 1.90 bits per heavy atom. The molecule has 20 heavy (non-hydrogen) atoms. The molecule has 2 aromatic rings. The summed E-state index contributed by atoms with van der Waals surface area (Å²) >= 11 is 0. The third kappa shape index (κ3) is 3.23. The van der Waals surface area contributed by atoms with E-state index >= 15 is 0 Å². The molecule has 1 aromatic carbocycles. The Labute approximate surface area is 121 Å². The lowest BCUT2D eigenvalue weighted by Crippen LogP contribution is -2.26. The van der Waals surface area contributed by atoms with E-state index in [-0.39, 0.29) is 11.5 Å². The smallest absolute Gasteiger partial charge is 0.0801 e. The van der Waals surface area contributed by atoms with Crippen LogP contribution < -0.4 is 5.32 Å². The Hall–Kier alpha value is -1.74. The van der Waals surface area contributed by atoms with Crippen molar-refractivity contribution >= 4 is 0 Å². The molecule has 0 aliphatic heterocycles. The number of benzene rings is 1. The summed E-state index contributed by atoms with van der Waals surface area (Å²) in [6, 6.07) is 8.66. The van der Waals surface area contributed by atoms with Crippen molar-refractivity contribution in [3.63, 3.8) is 0 Å². The van der Waals surface area contributed by atoms with Gasteiger partial charge < -0.3 is 5.32 Å². The summed E-state index contributed by atoms with van der Waals surface area (Å²) in [6.07, 6.45) is 5.30. The van der Waals surface area contributed by atoms with Crippen molar-refractivity contribution in [1.82, 2.24) is 15.3 Å². The minimum atomic E-state index is 0.0872. The van der Waals surface area contributed by atoms with Gasteiger partial charge in [-0.25, -0.2) is 0 Å². The molecule has 0 aliphatic carbocycles. The molecule has 2 rings (SSSR count). The van der Waals surface area contributed by atoms with Crippen LogP contribution in [0.2, 0.25) is 0 Å². The van der Waals surface area contributed by atoms with E-state index in [0.717, 1.165) is 12.2 Å². The Morgan fingerprint density at radius 3 is 2.50 bits per heavy atom. The van der Waals surface area contributed by atoms with Crippen molar-refractivity contribution in [2.45, 2.75) is 39.2 Å². The largest absolute Gasteiger partial charge is 0.305 e. The average Bonchev–Trinajstić information content (AvgIpc) is 2.45. The molecule has 0 fully saturated rings. The summed E-state index contributed by atoms with van der Waals surface area (Å²) in [5, 5.41) is 3.53. The van der Waals surface area contributed by atoms with Crippen molar-refractivity contribution in [2.24, 2.45) is 0 Å². The van der Waals surface area contributed by atoms with Crippen LogP contribution in [0, 0.1) is 0 Å². The first-order valence-corrected chi connectivity index (χ1v) is 7.12.